The molecule has 0 radical (unpaired) electrons. The lowest BCUT2D eigenvalue weighted by molar-refractivity contribution is -0.146. The average molecular weight is 329 g/mol. The molecule has 23 heavy (non-hydrogen) atoms. The normalized spacial score (nSPS) is 11.6. The minimum absolute atomic E-state index is 0.396. The molecule has 1 unspecified atom stereocenters. The SMILES string of the molecule is C=C.CCCCCCCCCCCCCCCCC(O)C(=O)O. The zero-order valence-electron chi connectivity index (χ0n) is 15.4. The van der Waals surface area contributed by atoms with Gasteiger partial charge in [-0.15, -0.1) is 13.2 Å². The lowest BCUT2D eigenvalue weighted by atomic mass is 10.0. The van der Waals surface area contributed by atoms with E-state index in [9.17, 15) is 4.79 Å². The van der Waals surface area contributed by atoms with Crippen LogP contribution < -0.4 is 0 Å². The van der Waals surface area contributed by atoms with Gasteiger partial charge < -0.3 is 10.2 Å². The molecule has 138 valence electrons. The van der Waals surface area contributed by atoms with Crippen molar-refractivity contribution < 1.29 is 15.0 Å². The zero-order valence-corrected chi connectivity index (χ0v) is 15.4. The zero-order chi connectivity index (χ0) is 17.8. The maximum atomic E-state index is 10.4. The number of aliphatic carboxylic acids is 1. The molecule has 0 aliphatic rings. The molecule has 3 heteroatoms. The van der Waals surface area contributed by atoms with Gasteiger partial charge in [-0.1, -0.05) is 96.8 Å². The highest BCUT2D eigenvalue weighted by atomic mass is 16.4. The number of carboxylic acids is 1. The Kier molecular flexibility index (Phi) is 22.5. The molecule has 0 amide bonds. The largest absolute Gasteiger partial charge is 0.479 e. The summed E-state index contributed by atoms with van der Waals surface area (Å²) in [6.45, 7) is 8.26. The van der Waals surface area contributed by atoms with E-state index in [0.717, 1.165) is 12.8 Å². The monoisotopic (exact) mass is 328 g/mol. The van der Waals surface area contributed by atoms with E-state index in [4.69, 9.17) is 10.2 Å². The van der Waals surface area contributed by atoms with E-state index in [-0.39, 0.29) is 0 Å². The minimum atomic E-state index is -1.16. The van der Waals surface area contributed by atoms with Crippen molar-refractivity contribution in [2.45, 2.75) is 109 Å². The fraction of sp³-hybridized carbons (Fsp3) is 0.850. The number of rotatable bonds is 16. The van der Waals surface area contributed by atoms with Gasteiger partial charge in [-0.05, 0) is 6.42 Å². The van der Waals surface area contributed by atoms with Gasteiger partial charge in [0, 0.05) is 0 Å². The molecule has 0 spiro atoms. The summed E-state index contributed by atoms with van der Waals surface area (Å²) in [5, 5.41) is 17.7. The van der Waals surface area contributed by atoms with Gasteiger partial charge in [-0.25, -0.2) is 4.79 Å². The van der Waals surface area contributed by atoms with Crippen LogP contribution in [0.5, 0.6) is 0 Å². The quantitative estimate of drug-likeness (QED) is 0.265. The van der Waals surface area contributed by atoms with Crippen LogP contribution in [-0.2, 0) is 4.79 Å². The van der Waals surface area contributed by atoms with E-state index in [1.54, 1.807) is 0 Å². The number of aliphatic hydroxyl groups excluding tert-OH is 1. The van der Waals surface area contributed by atoms with Gasteiger partial charge in [0.15, 0.2) is 6.10 Å². The molecular weight excluding hydrogens is 288 g/mol. The molecule has 0 saturated heterocycles. The predicted molar refractivity (Wildman–Crippen MR) is 99.8 cm³/mol. The molecule has 0 aliphatic carbocycles. The third kappa shape index (κ3) is 21.2. The van der Waals surface area contributed by atoms with Crippen LogP contribution in [0.3, 0.4) is 0 Å². The van der Waals surface area contributed by atoms with Crippen LogP contribution >= 0.6 is 0 Å². The molecule has 0 aromatic carbocycles. The standard InChI is InChI=1S/C18H36O3.C2H4/c1-2-3-4-5-6-7-8-9-10-11-12-13-14-15-16-17(19)18(20)21;1-2/h17,19H,2-16H2,1H3,(H,20,21);1-2H2. The second kappa shape index (κ2) is 21.2. The Labute approximate surface area is 144 Å². The summed E-state index contributed by atoms with van der Waals surface area (Å²) in [4.78, 5) is 10.4. The number of unbranched alkanes of at least 4 members (excludes halogenated alkanes) is 13. The molecule has 0 rings (SSSR count). The third-order valence-corrected chi connectivity index (χ3v) is 4.12. The lowest BCUT2D eigenvalue weighted by Crippen LogP contribution is -2.18. The average Bonchev–Trinajstić information content (AvgIpc) is 2.56. The van der Waals surface area contributed by atoms with Crippen molar-refractivity contribution >= 4 is 5.97 Å². The fourth-order valence-corrected chi connectivity index (χ4v) is 2.66. The number of hydrogen-bond donors (Lipinski definition) is 2. The van der Waals surface area contributed by atoms with Crippen molar-refractivity contribution in [1.82, 2.24) is 0 Å². The van der Waals surface area contributed by atoms with Gasteiger partial charge in [0.05, 0.1) is 0 Å². The molecule has 2 N–H and O–H groups in total. The van der Waals surface area contributed by atoms with Crippen LogP contribution in [0.1, 0.15) is 103 Å². The van der Waals surface area contributed by atoms with Crippen molar-refractivity contribution in [2.24, 2.45) is 0 Å². The first-order valence-electron chi connectivity index (χ1n) is 9.59. The van der Waals surface area contributed by atoms with E-state index < -0.39 is 12.1 Å². The van der Waals surface area contributed by atoms with E-state index in [0.29, 0.717) is 6.42 Å². The fourth-order valence-electron chi connectivity index (χ4n) is 2.66. The molecule has 0 bridgehead atoms. The van der Waals surface area contributed by atoms with Gasteiger partial charge in [-0.2, -0.15) is 0 Å². The molecule has 0 heterocycles. The van der Waals surface area contributed by atoms with Crippen molar-refractivity contribution in [3.8, 4) is 0 Å². The second-order valence-corrected chi connectivity index (χ2v) is 6.24. The van der Waals surface area contributed by atoms with Crippen LogP contribution in [0.15, 0.2) is 13.2 Å². The van der Waals surface area contributed by atoms with Gasteiger partial charge in [0.1, 0.15) is 0 Å². The summed E-state index contributed by atoms with van der Waals surface area (Å²) in [5.74, 6) is -1.09. The highest BCUT2D eigenvalue weighted by Crippen LogP contribution is 2.13. The first kappa shape index (κ1) is 24.4. The maximum Gasteiger partial charge on any atom is 0.332 e. The Bertz CT molecular complexity index is 241. The molecule has 0 aliphatic heterocycles. The molecule has 0 aromatic rings. The highest BCUT2D eigenvalue weighted by Gasteiger charge is 2.11. The van der Waals surface area contributed by atoms with Gasteiger partial charge in [-0.3, -0.25) is 0 Å². The molecule has 0 saturated carbocycles. The molecule has 0 fully saturated rings. The number of hydrogen-bond acceptors (Lipinski definition) is 2. The summed E-state index contributed by atoms with van der Waals surface area (Å²) in [6, 6.07) is 0. The first-order chi connectivity index (χ1) is 11.2. The van der Waals surface area contributed by atoms with Crippen LogP contribution in [0.25, 0.3) is 0 Å². The van der Waals surface area contributed by atoms with E-state index >= 15 is 0 Å². The van der Waals surface area contributed by atoms with Crippen LogP contribution in [-0.4, -0.2) is 22.3 Å². The van der Waals surface area contributed by atoms with Gasteiger partial charge >= 0.3 is 5.97 Å². The van der Waals surface area contributed by atoms with E-state index in [1.807, 2.05) is 0 Å². The lowest BCUT2D eigenvalue weighted by Gasteiger charge is -2.05. The number of carboxylic acid groups (broad SMARTS) is 1. The van der Waals surface area contributed by atoms with Crippen molar-refractivity contribution in [3.63, 3.8) is 0 Å². The highest BCUT2D eigenvalue weighted by molar-refractivity contribution is 5.71. The smallest absolute Gasteiger partial charge is 0.332 e. The van der Waals surface area contributed by atoms with Crippen molar-refractivity contribution in [2.75, 3.05) is 0 Å². The number of aliphatic hydroxyl groups is 1. The topological polar surface area (TPSA) is 57.5 Å². The van der Waals surface area contributed by atoms with E-state index in [2.05, 4.69) is 20.1 Å². The summed E-state index contributed by atoms with van der Waals surface area (Å²) in [6.07, 6.45) is 17.3. The Morgan fingerprint density at radius 3 is 1.35 bits per heavy atom. The molecular formula is C20H40O3. The molecule has 0 aromatic heterocycles. The van der Waals surface area contributed by atoms with Gasteiger partial charge in [0.2, 0.25) is 0 Å². The Hall–Kier alpha value is -0.830. The maximum absolute atomic E-state index is 10.4. The first-order valence-corrected chi connectivity index (χ1v) is 9.59. The number of carbonyl (C=O) groups is 1. The van der Waals surface area contributed by atoms with Crippen molar-refractivity contribution in [3.05, 3.63) is 13.2 Å². The van der Waals surface area contributed by atoms with Crippen LogP contribution in [0.2, 0.25) is 0 Å². The minimum Gasteiger partial charge on any atom is -0.479 e. The van der Waals surface area contributed by atoms with Crippen LogP contribution in [0, 0.1) is 0 Å². The summed E-state index contributed by atoms with van der Waals surface area (Å²) >= 11 is 0. The predicted octanol–water partition coefficient (Wildman–Crippen LogP) is 6.11. The third-order valence-electron chi connectivity index (χ3n) is 4.12. The Balaban J connectivity index is 0. The van der Waals surface area contributed by atoms with Crippen molar-refractivity contribution in [1.29, 1.82) is 0 Å². The van der Waals surface area contributed by atoms with E-state index in [1.165, 1.54) is 77.0 Å². The second-order valence-electron chi connectivity index (χ2n) is 6.24. The molecule has 1 atom stereocenters. The molecule has 3 nitrogen and oxygen atoms in total. The Morgan fingerprint density at radius 2 is 1.04 bits per heavy atom. The van der Waals surface area contributed by atoms with Gasteiger partial charge in [0.25, 0.3) is 0 Å². The summed E-state index contributed by atoms with van der Waals surface area (Å²) in [7, 11) is 0. The summed E-state index contributed by atoms with van der Waals surface area (Å²) in [5.41, 5.74) is 0. The van der Waals surface area contributed by atoms with Crippen LogP contribution in [0.4, 0.5) is 0 Å². The summed E-state index contributed by atoms with van der Waals surface area (Å²) < 4.78 is 0. The Morgan fingerprint density at radius 1 is 0.739 bits per heavy atom.